The molecule has 0 unspecified atom stereocenters. The van der Waals surface area contributed by atoms with Gasteiger partial charge in [0.15, 0.2) is 17.5 Å². The summed E-state index contributed by atoms with van der Waals surface area (Å²) < 4.78 is 10.5. The van der Waals surface area contributed by atoms with Crippen LogP contribution in [0.4, 0.5) is 0 Å². The van der Waals surface area contributed by atoms with Gasteiger partial charge >= 0.3 is 0 Å². The van der Waals surface area contributed by atoms with Crippen molar-refractivity contribution in [2.75, 3.05) is 14.2 Å². The van der Waals surface area contributed by atoms with Crippen LogP contribution in [-0.4, -0.2) is 25.2 Å². The summed E-state index contributed by atoms with van der Waals surface area (Å²) in [6, 6.07) is 5.69. The van der Waals surface area contributed by atoms with Gasteiger partial charge in [-0.15, -0.1) is 11.3 Å². The first-order valence-electron chi connectivity index (χ1n) is 7.72. The van der Waals surface area contributed by atoms with E-state index >= 15 is 0 Å². The highest BCUT2D eigenvalue weighted by Crippen LogP contribution is 2.27. The Morgan fingerprint density at radius 3 is 2.67 bits per heavy atom. The van der Waals surface area contributed by atoms with Crippen LogP contribution >= 0.6 is 11.3 Å². The van der Waals surface area contributed by atoms with Crippen LogP contribution in [0.5, 0.6) is 11.5 Å². The number of hydrogen-bond acceptors (Lipinski definition) is 5. The average Bonchev–Trinajstić information content (AvgIpc) is 3.07. The number of thiazole rings is 1. The summed E-state index contributed by atoms with van der Waals surface area (Å²) in [4.78, 5) is 8.90. The van der Waals surface area contributed by atoms with Crippen molar-refractivity contribution in [2.24, 2.45) is 10.7 Å². The molecule has 2 rings (SSSR count). The highest BCUT2D eigenvalue weighted by Gasteiger charge is 2.06. The van der Waals surface area contributed by atoms with Gasteiger partial charge < -0.3 is 20.5 Å². The maximum atomic E-state index is 5.92. The van der Waals surface area contributed by atoms with Crippen molar-refractivity contribution < 1.29 is 9.47 Å². The Morgan fingerprint density at radius 1 is 1.29 bits per heavy atom. The number of nitrogens with two attached hydrogens (primary N) is 1. The van der Waals surface area contributed by atoms with E-state index in [-0.39, 0.29) is 0 Å². The largest absolute Gasteiger partial charge is 0.493 e. The molecule has 0 amide bonds. The van der Waals surface area contributed by atoms with Crippen LogP contribution in [0.15, 0.2) is 28.6 Å². The number of benzene rings is 1. The van der Waals surface area contributed by atoms with E-state index < -0.39 is 0 Å². The van der Waals surface area contributed by atoms with E-state index in [4.69, 9.17) is 15.2 Å². The molecule has 0 fully saturated rings. The smallest absolute Gasteiger partial charge is 0.189 e. The zero-order chi connectivity index (χ0) is 17.5. The summed E-state index contributed by atoms with van der Waals surface area (Å²) >= 11 is 1.63. The van der Waals surface area contributed by atoms with Crippen molar-refractivity contribution in [3.63, 3.8) is 0 Å². The summed E-state index contributed by atoms with van der Waals surface area (Å²) in [5.74, 6) is 2.21. The summed E-state index contributed by atoms with van der Waals surface area (Å²) in [6.07, 6.45) is 0. The van der Waals surface area contributed by atoms with Crippen molar-refractivity contribution >= 4 is 17.3 Å². The second-order valence-electron chi connectivity index (χ2n) is 5.57. The first-order chi connectivity index (χ1) is 11.5. The van der Waals surface area contributed by atoms with E-state index in [1.807, 2.05) is 18.2 Å². The maximum absolute atomic E-state index is 5.92. The molecule has 130 valence electrons. The van der Waals surface area contributed by atoms with Crippen LogP contribution < -0.4 is 20.5 Å². The first-order valence-corrected chi connectivity index (χ1v) is 8.60. The summed E-state index contributed by atoms with van der Waals surface area (Å²) in [5.41, 5.74) is 8.03. The minimum Gasteiger partial charge on any atom is -0.493 e. The van der Waals surface area contributed by atoms with E-state index in [9.17, 15) is 0 Å². The molecule has 7 heteroatoms. The number of guanidine groups is 1. The minimum atomic E-state index is 0.395. The predicted molar refractivity (Wildman–Crippen MR) is 97.9 cm³/mol. The third-order valence-electron chi connectivity index (χ3n) is 3.46. The SMILES string of the molecule is COc1ccc(CN=C(N)NCc2nc(C(C)C)cs2)cc1OC. The molecule has 0 saturated heterocycles. The van der Waals surface area contributed by atoms with Crippen molar-refractivity contribution in [2.45, 2.75) is 32.9 Å². The summed E-state index contributed by atoms with van der Waals surface area (Å²) in [5, 5.41) is 6.18. The van der Waals surface area contributed by atoms with Gasteiger partial charge in [-0.05, 0) is 23.6 Å². The van der Waals surface area contributed by atoms with Crippen LogP contribution in [0.2, 0.25) is 0 Å². The molecule has 0 saturated carbocycles. The van der Waals surface area contributed by atoms with E-state index in [1.165, 1.54) is 0 Å². The third kappa shape index (κ3) is 4.86. The first kappa shape index (κ1) is 18.1. The number of rotatable bonds is 7. The van der Waals surface area contributed by atoms with Crippen LogP contribution in [0.3, 0.4) is 0 Å². The Bertz CT molecular complexity index is 698. The van der Waals surface area contributed by atoms with Crippen molar-refractivity contribution in [3.8, 4) is 11.5 Å². The lowest BCUT2D eigenvalue weighted by atomic mass is 10.2. The van der Waals surface area contributed by atoms with Gasteiger partial charge in [-0.1, -0.05) is 19.9 Å². The van der Waals surface area contributed by atoms with E-state index in [0.717, 1.165) is 16.3 Å². The summed E-state index contributed by atoms with van der Waals surface area (Å²) in [6.45, 7) is 5.31. The van der Waals surface area contributed by atoms with E-state index in [0.29, 0.717) is 36.5 Å². The zero-order valence-corrected chi connectivity index (χ0v) is 15.3. The topological polar surface area (TPSA) is 81.8 Å². The second kappa shape index (κ2) is 8.54. The molecule has 1 aromatic carbocycles. The van der Waals surface area contributed by atoms with Crippen LogP contribution in [0.25, 0.3) is 0 Å². The highest BCUT2D eigenvalue weighted by atomic mass is 32.1. The number of methoxy groups -OCH3 is 2. The van der Waals surface area contributed by atoms with Crippen molar-refractivity contribution in [3.05, 3.63) is 39.8 Å². The molecule has 0 aliphatic heterocycles. The van der Waals surface area contributed by atoms with Crippen LogP contribution in [0.1, 0.15) is 36.0 Å². The average molecular weight is 348 g/mol. The molecule has 1 aromatic heterocycles. The number of aliphatic imine (C=N–C) groups is 1. The fraction of sp³-hybridized carbons (Fsp3) is 0.412. The molecule has 24 heavy (non-hydrogen) atoms. The van der Waals surface area contributed by atoms with Gasteiger partial charge in [-0.2, -0.15) is 0 Å². The Kier molecular flexibility index (Phi) is 6.43. The van der Waals surface area contributed by atoms with Crippen LogP contribution in [0, 0.1) is 0 Å². The molecule has 0 aliphatic carbocycles. The summed E-state index contributed by atoms with van der Waals surface area (Å²) in [7, 11) is 3.22. The number of hydrogen-bond donors (Lipinski definition) is 2. The standard InChI is InChI=1S/C17H24N4O2S/c1-11(2)13-10-24-16(21-13)9-20-17(18)19-8-12-5-6-14(22-3)15(7-12)23-4/h5-7,10-11H,8-9H2,1-4H3,(H3,18,19,20). The molecule has 2 aromatic rings. The Labute approximate surface area is 146 Å². The van der Waals surface area contributed by atoms with E-state index in [1.54, 1.807) is 25.6 Å². The maximum Gasteiger partial charge on any atom is 0.189 e. The Morgan fingerprint density at radius 2 is 2.04 bits per heavy atom. The molecule has 0 atom stereocenters. The van der Waals surface area contributed by atoms with Gasteiger partial charge in [0.05, 0.1) is 33.0 Å². The minimum absolute atomic E-state index is 0.395. The van der Waals surface area contributed by atoms with Gasteiger partial charge in [0.1, 0.15) is 5.01 Å². The lowest BCUT2D eigenvalue weighted by Gasteiger charge is -2.09. The Balaban J connectivity index is 1.91. The molecule has 0 radical (unpaired) electrons. The molecule has 6 nitrogen and oxygen atoms in total. The monoisotopic (exact) mass is 348 g/mol. The molecule has 0 bridgehead atoms. The number of ether oxygens (including phenoxy) is 2. The van der Waals surface area contributed by atoms with Gasteiger partial charge in [-0.25, -0.2) is 9.98 Å². The molecule has 0 aliphatic rings. The number of nitrogens with zero attached hydrogens (tertiary/aromatic N) is 2. The number of nitrogens with one attached hydrogen (secondary N) is 1. The van der Waals surface area contributed by atoms with Gasteiger partial charge in [-0.3, -0.25) is 0 Å². The molecular formula is C17H24N4O2S. The molecule has 1 heterocycles. The quantitative estimate of drug-likeness (QED) is 0.594. The fourth-order valence-corrected chi connectivity index (χ4v) is 2.94. The fourth-order valence-electron chi connectivity index (χ4n) is 2.05. The van der Waals surface area contributed by atoms with E-state index in [2.05, 4.69) is 34.5 Å². The molecular weight excluding hydrogens is 324 g/mol. The van der Waals surface area contributed by atoms with Gasteiger partial charge in [0, 0.05) is 5.38 Å². The lowest BCUT2D eigenvalue weighted by Crippen LogP contribution is -2.31. The molecule has 3 N–H and O–H groups in total. The van der Waals surface area contributed by atoms with Crippen LogP contribution in [-0.2, 0) is 13.1 Å². The normalized spacial score (nSPS) is 11.6. The van der Waals surface area contributed by atoms with Crippen molar-refractivity contribution in [1.29, 1.82) is 0 Å². The lowest BCUT2D eigenvalue weighted by molar-refractivity contribution is 0.354. The predicted octanol–water partition coefficient (Wildman–Crippen LogP) is 2.89. The molecule has 0 spiro atoms. The zero-order valence-electron chi connectivity index (χ0n) is 14.5. The number of aromatic nitrogens is 1. The Hall–Kier alpha value is -2.28. The second-order valence-corrected chi connectivity index (χ2v) is 6.51. The highest BCUT2D eigenvalue weighted by molar-refractivity contribution is 7.09. The van der Waals surface area contributed by atoms with Gasteiger partial charge in [0.2, 0.25) is 0 Å². The van der Waals surface area contributed by atoms with Crippen molar-refractivity contribution in [1.82, 2.24) is 10.3 Å². The third-order valence-corrected chi connectivity index (χ3v) is 4.33. The van der Waals surface area contributed by atoms with Gasteiger partial charge in [0.25, 0.3) is 0 Å².